The van der Waals surface area contributed by atoms with Crippen molar-refractivity contribution in [3.63, 3.8) is 0 Å². The summed E-state index contributed by atoms with van der Waals surface area (Å²) in [5, 5.41) is 0. The fourth-order valence-electron chi connectivity index (χ4n) is 2.84. The Bertz CT molecular complexity index is 743. The Morgan fingerprint density at radius 1 is 1.00 bits per heavy atom. The summed E-state index contributed by atoms with van der Waals surface area (Å²) < 4.78 is 0. The van der Waals surface area contributed by atoms with Crippen molar-refractivity contribution in [3.8, 4) is 0 Å². The van der Waals surface area contributed by atoms with Crippen molar-refractivity contribution in [2.24, 2.45) is 0 Å². The van der Waals surface area contributed by atoms with E-state index < -0.39 is 6.04 Å². The first-order chi connectivity index (χ1) is 11.1. The molecule has 116 valence electrons. The van der Waals surface area contributed by atoms with E-state index in [1.807, 2.05) is 12.1 Å². The minimum absolute atomic E-state index is 0.0117. The third kappa shape index (κ3) is 2.73. The van der Waals surface area contributed by atoms with Crippen LogP contribution >= 0.6 is 0 Å². The number of imide groups is 1. The largest absolute Gasteiger partial charge is 0.300 e. The summed E-state index contributed by atoms with van der Waals surface area (Å²) in [5.74, 6) is -0.939. The maximum atomic E-state index is 12.7. The molecule has 0 aliphatic carbocycles. The fraction of sp³-hybridized carbons (Fsp3) is 0.167. The summed E-state index contributed by atoms with van der Waals surface area (Å²) in [4.78, 5) is 39.7. The smallest absolute Gasteiger partial charge is 0.257 e. The first kappa shape index (κ1) is 15.0. The van der Waals surface area contributed by atoms with E-state index in [-0.39, 0.29) is 24.1 Å². The van der Waals surface area contributed by atoms with Crippen molar-refractivity contribution in [1.82, 2.24) is 0 Å². The third-order valence-corrected chi connectivity index (χ3v) is 3.82. The van der Waals surface area contributed by atoms with Gasteiger partial charge in [0, 0.05) is 12.6 Å². The van der Waals surface area contributed by atoms with Gasteiger partial charge in [0.2, 0.25) is 11.8 Å². The molecule has 0 aromatic heterocycles. The molecule has 5 heteroatoms. The van der Waals surface area contributed by atoms with Crippen LogP contribution in [0.1, 0.15) is 13.3 Å². The zero-order valence-electron chi connectivity index (χ0n) is 12.7. The second kappa shape index (κ2) is 6.04. The predicted octanol–water partition coefficient (Wildman–Crippen LogP) is 2.37. The van der Waals surface area contributed by atoms with Gasteiger partial charge in [-0.2, -0.15) is 0 Å². The van der Waals surface area contributed by atoms with Crippen LogP contribution in [0.2, 0.25) is 0 Å². The lowest BCUT2D eigenvalue weighted by Crippen LogP contribution is -2.44. The zero-order chi connectivity index (χ0) is 16.4. The van der Waals surface area contributed by atoms with Gasteiger partial charge < -0.3 is 0 Å². The van der Waals surface area contributed by atoms with Gasteiger partial charge >= 0.3 is 0 Å². The summed E-state index contributed by atoms with van der Waals surface area (Å²) in [6.07, 6.45) is -0.0117. The van der Waals surface area contributed by atoms with E-state index in [0.29, 0.717) is 11.4 Å². The number of rotatable bonds is 3. The monoisotopic (exact) mass is 308 g/mol. The number of carbonyl (C=O) groups is 3. The van der Waals surface area contributed by atoms with Crippen LogP contribution < -0.4 is 9.80 Å². The van der Waals surface area contributed by atoms with Crippen molar-refractivity contribution < 1.29 is 14.4 Å². The quantitative estimate of drug-likeness (QED) is 0.818. The molecule has 1 saturated heterocycles. The van der Waals surface area contributed by atoms with Gasteiger partial charge in [0.15, 0.2) is 0 Å². The molecular formula is C18H16N2O3. The standard InChI is InChI=1S/C18H16N2O3/c1-13(21)19(14-8-4-2-5-9-14)16-12-17(22)20(18(16)23)15-10-6-3-7-11-15/h2-11,16H,12H2,1H3/t16-/m0/s1. The van der Waals surface area contributed by atoms with Gasteiger partial charge in [0.1, 0.15) is 6.04 Å². The molecule has 5 nitrogen and oxygen atoms in total. The topological polar surface area (TPSA) is 57.7 Å². The van der Waals surface area contributed by atoms with Crippen molar-refractivity contribution in [1.29, 1.82) is 0 Å². The number of hydrogen-bond acceptors (Lipinski definition) is 3. The van der Waals surface area contributed by atoms with Crippen LogP contribution in [-0.2, 0) is 14.4 Å². The molecule has 1 aliphatic rings. The molecule has 1 aliphatic heterocycles. The van der Waals surface area contributed by atoms with Crippen molar-refractivity contribution in [3.05, 3.63) is 60.7 Å². The van der Waals surface area contributed by atoms with E-state index in [1.54, 1.807) is 48.5 Å². The Kier molecular flexibility index (Phi) is 3.93. The third-order valence-electron chi connectivity index (χ3n) is 3.82. The minimum atomic E-state index is -0.803. The number of amides is 3. The number of benzene rings is 2. The van der Waals surface area contributed by atoms with Crippen LogP contribution in [0, 0.1) is 0 Å². The van der Waals surface area contributed by atoms with E-state index in [1.165, 1.54) is 11.8 Å². The Labute approximate surface area is 134 Å². The fourth-order valence-corrected chi connectivity index (χ4v) is 2.84. The van der Waals surface area contributed by atoms with Crippen molar-refractivity contribution >= 4 is 29.1 Å². The molecule has 0 saturated carbocycles. The van der Waals surface area contributed by atoms with E-state index >= 15 is 0 Å². The van der Waals surface area contributed by atoms with Crippen LogP contribution in [0.3, 0.4) is 0 Å². The highest BCUT2D eigenvalue weighted by Gasteiger charge is 2.44. The molecule has 3 amide bonds. The Morgan fingerprint density at radius 3 is 2.13 bits per heavy atom. The molecular weight excluding hydrogens is 292 g/mol. The second-order valence-electron chi connectivity index (χ2n) is 5.35. The first-order valence-corrected chi connectivity index (χ1v) is 7.36. The summed E-state index contributed by atoms with van der Waals surface area (Å²) >= 11 is 0. The first-order valence-electron chi connectivity index (χ1n) is 7.36. The average molecular weight is 308 g/mol. The Balaban J connectivity index is 1.96. The Morgan fingerprint density at radius 2 is 1.57 bits per heavy atom. The SMILES string of the molecule is CC(=O)N(c1ccccc1)[C@H]1CC(=O)N(c2ccccc2)C1=O. The van der Waals surface area contributed by atoms with E-state index in [4.69, 9.17) is 0 Å². The summed E-state index contributed by atoms with van der Waals surface area (Å²) in [6.45, 7) is 1.40. The maximum absolute atomic E-state index is 12.7. The van der Waals surface area contributed by atoms with Gasteiger partial charge in [-0.3, -0.25) is 19.3 Å². The van der Waals surface area contributed by atoms with E-state index in [0.717, 1.165) is 4.90 Å². The highest BCUT2D eigenvalue weighted by Crippen LogP contribution is 2.28. The lowest BCUT2D eigenvalue weighted by molar-refractivity contribution is -0.123. The number of carbonyl (C=O) groups excluding carboxylic acids is 3. The van der Waals surface area contributed by atoms with Crippen LogP contribution in [-0.4, -0.2) is 23.8 Å². The molecule has 1 atom stereocenters. The number of hydrogen-bond donors (Lipinski definition) is 0. The van der Waals surface area contributed by atoms with E-state index in [9.17, 15) is 14.4 Å². The molecule has 0 spiro atoms. The van der Waals surface area contributed by atoms with Gasteiger partial charge in [0.05, 0.1) is 12.1 Å². The molecule has 0 bridgehead atoms. The van der Waals surface area contributed by atoms with Gasteiger partial charge in [-0.1, -0.05) is 36.4 Å². The second-order valence-corrected chi connectivity index (χ2v) is 5.35. The number of nitrogens with zero attached hydrogens (tertiary/aromatic N) is 2. The molecule has 2 aromatic rings. The molecule has 0 unspecified atom stereocenters. The van der Waals surface area contributed by atoms with Gasteiger partial charge in [-0.05, 0) is 24.3 Å². The van der Waals surface area contributed by atoms with Crippen LogP contribution in [0.15, 0.2) is 60.7 Å². The highest BCUT2D eigenvalue weighted by atomic mass is 16.2. The molecule has 1 heterocycles. The summed E-state index contributed by atoms with van der Waals surface area (Å²) in [6, 6.07) is 16.9. The number of para-hydroxylation sites is 2. The molecule has 0 N–H and O–H groups in total. The van der Waals surface area contributed by atoms with Gasteiger partial charge in [-0.25, -0.2) is 4.90 Å². The summed E-state index contributed by atoms with van der Waals surface area (Å²) in [7, 11) is 0. The zero-order valence-corrected chi connectivity index (χ0v) is 12.7. The average Bonchev–Trinajstić information content (AvgIpc) is 2.84. The molecule has 1 fully saturated rings. The van der Waals surface area contributed by atoms with E-state index in [2.05, 4.69) is 0 Å². The van der Waals surface area contributed by atoms with Gasteiger partial charge in [-0.15, -0.1) is 0 Å². The Hall–Kier alpha value is -2.95. The van der Waals surface area contributed by atoms with Crippen LogP contribution in [0.25, 0.3) is 0 Å². The molecule has 3 rings (SSSR count). The lowest BCUT2D eigenvalue weighted by atomic mass is 10.1. The molecule has 2 aromatic carbocycles. The summed E-state index contributed by atoms with van der Waals surface area (Å²) in [5.41, 5.74) is 1.14. The maximum Gasteiger partial charge on any atom is 0.257 e. The van der Waals surface area contributed by atoms with Crippen molar-refractivity contribution in [2.45, 2.75) is 19.4 Å². The van der Waals surface area contributed by atoms with Gasteiger partial charge in [0.25, 0.3) is 5.91 Å². The highest BCUT2D eigenvalue weighted by molar-refractivity contribution is 6.24. The normalized spacial score (nSPS) is 17.4. The van der Waals surface area contributed by atoms with Crippen LogP contribution in [0.5, 0.6) is 0 Å². The van der Waals surface area contributed by atoms with Crippen LogP contribution in [0.4, 0.5) is 11.4 Å². The molecule has 0 radical (unpaired) electrons. The minimum Gasteiger partial charge on any atom is -0.300 e. The number of anilines is 2. The predicted molar refractivity (Wildman–Crippen MR) is 86.9 cm³/mol. The van der Waals surface area contributed by atoms with Crippen molar-refractivity contribution in [2.75, 3.05) is 9.80 Å². The lowest BCUT2D eigenvalue weighted by Gasteiger charge is -2.26. The molecule has 23 heavy (non-hydrogen) atoms.